The number of hydrogen-bond donors (Lipinski definition) is 0. The smallest absolute Gasteiger partial charge is 0.375 e. The maximum absolute atomic E-state index is 11.5. The second-order valence-electron chi connectivity index (χ2n) is 3.21. The monoisotopic (exact) mass is 258 g/mol. The molecule has 0 heterocycles. The van der Waals surface area contributed by atoms with E-state index < -0.39 is 35.2 Å². The Hall–Kier alpha value is -2.05. The average Bonchev–Trinajstić information content (AvgIpc) is 2.29. The van der Waals surface area contributed by atoms with Crippen LogP contribution in [0, 0.1) is 5.92 Å². The van der Waals surface area contributed by atoms with Crippen molar-refractivity contribution in [3.63, 3.8) is 0 Å². The Morgan fingerprint density at radius 1 is 0.833 bits per heavy atom. The molecule has 0 aromatic carbocycles. The van der Waals surface area contributed by atoms with Gasteiger partial charge in [-0.05, 0) is 20.8 Å². The number of rotatable bonds is 7. The number of ether oxygens (including phenoxy) is 2. The van der Waals surface area contributed by atoms with Crippen LogP contribution in [-0.4, -0.2) is 42.5 Å². The zero-order valence-electron chi connectivity index (χ0n) is 10.3. The third-order valence-electron chi connectivity index (χ3n) is 1.88. The Morgan fingerprint density at radius 2 is 1.17 bits per heavy atom. The molecule has 0 radical (unpaired) electrons. The van der Waals surface area contributed by atoms with E-state index >= 15 is 0 Å². The summed E-state index contributed by atoms with van der Waals surface area (Å²) in [5.74, 6) is -8.26. The largest absolute Gasteiger partial charge is 0.460 e. The van der Waals surface area contributed by atoms with E-state index in [2.05, 4.69) is 9.47 Å². The van der Waals surface area contributed by atoms with Crippen LogP contribution in [0.5, 0.6) is 0 Å². The zero-order chi connectivity index (χ0) is 14.3. The van der Waals surface area contributed by atoms with Crippen LogP contribution in [0.15, 0.2) is 0 Å². The van der Waals surface area contributed by atoms with Gasteiger partial charge in [0.15, 0.2) is 5.92 Å². The Kier molecular flexibility index (Phi) is 6.48. The Labute approximate surface area is 103 Å². The number of ketones is 3. The maximum Gasteiger partial charge on any atom is 0.375 e. The van der Waals surface area contributed by atoms with Crippen LogP contribution in [0.1, 0.15) is 20.8 Å². The molecular formula is C11H14O7. The Bertz CT molecular complexity index is 353. The van der Waals surface area contributed by atoms with Gasteiger partial charge in [-0.3, -0.25) is 14.4 Å². The van der Waals surface area contributed by atoms with E-state index in [0.717, 1.165) is 6.92 Å². The van der Waals surface area contributed by atoms with Crippen molar-refractivity contribution < 1.29 is 33.4 Å². The fourth-order valence-corrected chi connectivity index (χ4v) is 1.13. The third kappa shape index (κ3) is 4.08. The van der Waals surface area contributed by atoms with Crippen LogP contribution >= 0.6 is 0 Å². The van der Waals surface area contributed by atoms with Crippen molar-refractivity contribution in [3.8, 4) is 0 Å². The van der Waals surface area contributed by atoms with E-state index in [1.807, 2.05) is 0 Å². The molecule has 0 atom stereocenters. The summed E-state index contributed by atoms with van der Waals surface area (Å²) in [6.45, 7) is 3.69. The van der Waals surface area contributed by atoms with E-state index in [9.17, 15) is 24.0 Å². The van der Waals surface area contributed by atoms with E-state index in [4.69, 9.17) is 0 Å². The molecule has 0 aliphatic rings. The molecular weight excluding hydrogens is 244 g/mol. The van der Waals surface area contributed by atoms with E-state index in [0.29, 0.717) is 0 Å². The first-order valence-electron chi connectivity index (χ1n) is 5.29. The minimum Gasteiger partial charge on any atom is -0.460 e. The predicted molar refractivity (Wildman–Crippen MR) is 57.5 cm³/mol. The number of Topliss-reactive ketones (excluding diaryl/α,β-unsaturated/α-hetero) is 3. The van der Waals surface area contributed by atoms with Crippen LogP contribution in [0.4, 0.5) is 0 Å². The molecule has 0 spiro atoms. The standard InChI is InChI=1S/C11H14O7/c1-4-17-10(15)8(13)7(6(3)12)9(14)11(16)18-5-2/h7H,4-5H2,1-3H3. The van der Waals surface area contributed by atoms with Gasteiger partial charge in [0.2, 0.25) is 0 Å². The van der Waals surface area contributed by atoms with Crippen molar-refractivity contribution in [3.05, 3.63) is 0 Å². The van der Waals surface area contributed by atoms with Crippen molar-refractivity contribution in [2.75, 3.05) is 13.2 Å². The average molecular weight is 258 g/mol. The first-order chi connectivity index (χ1) is 8.36. The first-order valence-corrected chi connectivity index (χ1v) is 5.29. The van der Waals surface area contributed by atoms with Crippen LogP contribution in [-0.2, 0) is 33.4 Å². The van der Waals surface area contributed by atoms with Gasteiger partial charge in [0, 0.05) is 0 Å². The quantitative estimate of drug-likeness (QED) is 0.343. The van der Waals surface area contributed by atoms with E-state index in [1.165, 1.54) is 13.8 Å². The molecule has 0 aromatic heterocycles. The minimum absolute atomic E-state index is 0.0806. The molecule has 0 bridgehead atoms. The second kappa shape index (κ2) is 7.31. The van der Waals surface area contributed by atoms with Gasteiger partial charge in [-0.2, -0.15) is 0 Å². The molecule has 7 nitrogen and oxygen atoms in total. The first kappa shape index (κ1) is 16.0. The van der Waals surface area contributed by atoms with Gasteiger partial charge >= 0.3 is 11.9 Å². The molecule has 0 saturated carbocycles. The summed E-state index contributed by atoms with van der Waals surface area (Å²) in [4.78, 5) is 56.5. The van der Waals surface area contributed by atoms with Crippen LogP contribution < -0.4 is 0 Å². The summed E-state index contributed by atoms with van der Waals surface area (Å²) in [5, 5.41) is 0. The minimum atomic E-state index is -1.98. The lowest BCUT2D eigenvalue weighted by Gasteiger charge is -2.09. The van der Waals surface area contributed by atoms with Gasteiger partial charge in [0.1, 0.15) is 5.78 Å². The topological polar surface area (TPSA) is 104 Å². The SMILES string of the molecule is CCOC(=O)C(=O)C(C(C)=O)C(=O)C(=O)OCC. The van der Waals surface area contributed by atoms with Crippen LogP contribution in [0.2, 0.25) is 0 Å². The van der Waals surface area contributed by atoms with Gasteiger partial charge in [-0.1, -0.05) is 0 Å². The summed E-state index contributed by atoms with van der Waals surface area (Å²) < 4.78 is 8.76. The molecule has 0 fully saturated rings. The van der Waals surface area contributed by atoms with Gasteiger partial charge in [-0.25, -0.2) is 9.59 Å². The summed E-state index contributed by atoms with van der Waals surface area (Å²) in [6.07, 6.45) is 0. The van der Waals surface area contributed by atoms with E-state index in [-0.39, 0.29) is 13.2 Å². The zero-order valence-corrected chi connectivity index (χ0v) is 10.3. The summed E-state index contributed by atoms with van der Waals surface area (Å²) in [6, 6.07) is 0. The maximum atomic E-state index is 11.5. The molecule has 0 aliphatic carbocycles. The van der Waals surface area contributed by atoms with E-state index in [1.54, 1.807) is 0 Å². The van der Waals surface area contributed by atoms with Crippen molar-refractivity contribution in [1.29, 1.82) is 0 Å². The Balaban J connectivity index is 5.03. The molecule has 0 rings (SSSR count). The molecule has 0 amide bonds. The third-order valence-corrected chi connectivity index (χ3v) is 1.88. The molecule has 0 aliphatic heterocycles. The van der Waals surface area contributed by atoms with Crippen molar-refractivity contribution in [2.24, 2.45) is 5.92 Å². The highest BCUT2D eigenvalue weighted by Crippen LogP contribution is 2.06. The second-order valence-corrected chi connectivity index (χ2v) is 3.21. The molecule has 7 heteroatoms. The summed E-state index contributed by atoms with van der Waals surface area (Å²) in [5.41, 5.74) is 0. The number of esters is 2. The molecule has 18 heavy (non-hydrogen) atoms. The predicted octanol–water partition coefficient (Wildman–Crippen LogP) is -0.544. The number of carbonyl (C=O) groups excluding carboxylic acids is 5. The molecule has 0 unspecified atom stereocenters. The highest BCUT2D eigenvalue weighted by Gasteiger charge is 2.40. The molecule has 0 aromatic rings. The van der Waals surface area contributed by atoms with Crippen LogP contribution in [0.25, 0.3) is 0 Å². The molecule has 0 N–H and O–H groups in total. The summed E-state index contributed by atoms with van der Waals surface area (Å²) in [7, 11) is 0. The fraction of sp³-hybridized carbons (Fsp3) is 0.545. The van der Waals surface area contributed by atoms with Gasteiger partial charge < -0.3 is 9.47 Å². The normalized spacial score (nSPS) is 9.78. The molecule has 100 valence electrons. The van der Waals surface area contributed by atoms with Crippen molar-refractivity contribution >= 4 is 29.3 Å². The highest BCUT2D eigenvalue weighted by molar-refractivity contribution is 6.52. The van der Waals surface area contributed by atoms with Gasteiger partial charge in [0.05, 0.1) is 13.2 Å². The van der Waals surface area contributed by atoms with Crippen LogP contribution in [0.3, 0.4) is 0 Å². The lowest BCUT2D eigenvalue weighted by atomic mass is 9.95. The number of carbonyl (C=O) groups is 5. The number of hydrogen-bond acceptors (Lipinski definition) is 7. The lowest BCUT2D eigenvalue weighted by molar-refractivity contribution is -0.163. The summed E-state index contributed by atoms with van der Waals surface area (Å²) >= 11 is 0. The van der Waals surface area contributed by atoms with Gasteiger partial charge in [-0.15, -0.1) is 0 Å². The van der Waals surface area contributed by atoms with Crippen molar-refractivity contribution in [2.45, 2.75) is 20.8 Å². The fourth-order valence-electron chi connectivity index (χ4n) is 1.13. The van der Waals surface area contributed by atoms with Crippen molar-refractivity contribution in [1.82, 2.24) is 0 Å². The van der Waals surface area contributed by atoms with Gasteiger partial charge in [0.25, 0.3) is 11.6 Å². The highest BCUT2D eigenvalue weighted by atomic mass is 16.5. The molecule has 0 saturated heterocycles. The lowest BCUT2D eigenvalue weighted by Crippen LogP contribution is -2.40. The Morgan fingerprint density at radius 3 is 1.39 bits per heavy atom.